The van der Waals surface area contributed by atoms with Crippen LogP contribution in [-0.2, 0) is 12.8 Å². The van der Waals surface area contributed by atoms with E-state index in [0.717, 1.165) is 36.5 Å². The average Bonchev–Trinajstić information content (AvgIpc) is 2.86. The number of aryl methyl sites for hydroxylation is 2. The molecule has 172 valence electrons. The van der Waals surface area contributed by atoms with Gasteiger partial charge in [-0.25, -0.2) is 4.39 Å². The Balaban J connectivity index is 1.33. The largest absolute Gasteiger partial charge is 0.486 e. The number of hydrogen-bond acceptors (Lipinski definition) is 1. The highest BCUT2D eigenvalue weighted by Crippen LogP contribution is 2.37. The Hall–Kier alpha value is -2.87. The Morgan fingerprint density at radius 1 is 0.848 bits per heavy atom. The van der Waals surface area contributed by atoms with Gasteiger partial charge in [0.05, 0.1) is 0 Å². The highest BCUT2D eigenvalue weighted by Gasteiger charge is 2.21. The Morgan fingerprint density at radius 2 is 1.58 bits per heavy atom. The summed E-state index contributed by atoms with van der Waals surface area (Å²) in [5, 5.41) is 1.51. The van der Waals surface area contributed by atoms with Gasteiger partial charge in [-0.15, -0.1) is 6.58 Å². The first-order valence-electron chi connectivity index (χ1n) is 12.3. The van der Waals surface area contributed by atoms with Crippen LogP contribution in [0.1, 0.15) is 61.1 Å². The van der Waals surface area contributed by atoms with E-state index in [4.69, 9.17) is 4.74 Å². The molecule has 33 heavy (non-hydrogen) atoms. The van der Waals surface area contributed by atoms with Crippen molar-refractivity contribution in [1.29, 1.82) is 0 Å². The van der Waals surface area contributed by atoms with Gasteiger partial charge in [0.2, 0.25) is 0 Å². The molecule has 0 aliphatic heterocycles. The van der Waals surface area contributed by atoms with Crippen LogP contribution in [-0.4, -0.2) is 6.61 Å². The fraction of sp³-hybridized carbons (Fsp3) is 0.355. The Labute approximate surface area is 198 Å². The van der Waals surface area contributed by atoms with Crippen LogP contribution in [0, 0.1) is 11.7 Å². The van der Waals surface area contributed by atoms with Crippen molar-refractivity contribution >= 4 is 10.8 Å². The molecular weight excluding hydrogens is 407 g/mol. The van der Waals surface area contributed by atoms with Gasteiger partial charge in [0, 0.05) is 5.39 Å². The molecule has 4 rings (SSSR count). The molecule has 1 aliphatic carbocycles. The fourth-order valence-electron chi connectivity index (χ4n) is 5.12. The Bertz CT molecular complexity index is 1070. The van der Waals surface area contributed by atoms with Crippen molar-refractivity contribution in [3.05, 3.63) is 102 Å². The van der Waals surface area contributed by atoms with Crippen LogP contribution in [0.2, 0.25) is 0 Å². The van der Waals surface area contributed by atoms with Crippen LogP contribution in [0.25, 0.3) is 10.8 Å². The molecule has 0 atom stereocenters. The Kier molecular flexibility index (Phi) is 7.99. The molecule has 0 spiro atoms. The van der Waals surface area contributed by atoms with Crippen molar-refractivity contribution < 1.29 is 9.13 Å². The van der Waals surface area contributed by atoms with Gasteiger partial charge in [0.1, 0.15) is 6.61 Å². The van der Waals surface area contributed by atoms with Crippen molar-refractivity contribution in [2.45, 2.75) is 57.3 Å². The second kappa shape index (κ2) is 11.3. The van der Waals surface area contributed by atoms with Crippen LogP contribution in [0.3, 0.4) is 0 Å². The normalized spacial score (nSPS) is 18.2. The molecule has 1 nitrogen and oxygen atoms in total. The maximum Gasteiger partial charge on any atom is 0.172 e. The van der Waals surface area contributed by atoms with E-state index in [-0.39, 0.29) is 11.6 Å². The van der Waals surface area contributed by atoms with Crippen molar-refractivity contribution in [2.75, 3.05) is 6.61 Å². The molecule has 0 radical (unpaired) electrons. The fourth-order valence-corrected chi connectivity index (χ4v) is 5.12. The van der Waals surface area contributed by atoms with E-state index >= 15 is 0 Å². The van der Waals surface area contributed by atoms with Gasteiger partial charge < -0.3 is 4.74 Å². The zero-order chi connectivity index (χ0) is 23.0. The van der Waals surface area contributed by atoms with Crippen molar-refractivity contribution in [3.8, 4) is 5.75 Å². The lowest BCUT2D eigenvalue weighted by molar-refractivity contribution is 0.312. The van der Waals surface area contributed by atoms with Crippen LogP contribution in [0.5, 0.6) is 5.75 Å². The molecule has 3 aromatic rings. The number of ether oxygens (including phenoxy) is 1. The van der Waals surface area contributed by atoms with Crippen LogP contribution in [0.4, 0.5) is 4.39 Å². The van der Waals surface area contributed by atoms with Crippen LogP contribution >= 0.6 is 0 Å². The summed E-state index contributed by atoms with van der Waals surface area (Å²) in [4.78, 5) is 0. The molecule has 0 N–H and O–H groups in total. The minimum Gasteiger partial charge on any atom is -0.486 e. The lowest BCUT2D eigenvalue weighted by Crippen LogP contribution is -2.13. The number of halogens is 1. The molecule has 0 saturated heterocycles. The summed E-state index contributed by atoms with van der Waals surface area (Å²) in [6, 6.07) is 18.9. The molecule has 0 bridgehead atoms. The monoisotopic (exact) mass is 442 g/mol. The first kappa shape index (κ1) is 23.3. The van der Waals surface area contributed by atoms with Crippen molar-refractivity contribution in [1.82, 2.24) is 0 Å². The van der Waals surface area contributed by atoms with E-state index in [1.165, 1.54) is 48.8 Å². The summed E-state index contributed by atoms with van der Waals surface area (Å²) in [6.07, 6.45) is 13.4. The number of allylic oxidation sites excluding steroid dienone is 1. The SMILES string of the molecule is C=CCCC1CCC(c2ccc(CCc3ccc4c(F)c(OCC=C)ccc4c3)cc2)CC1. The van der Waals surface area contributed by atoms with E-state index in [1.54, 1.807) is 12.1 Å². The molecule has 0 unspecified atom stereocenters. The van der Waals surface area contributed by atoms with Gasteiger partial charge in [0.25, 0.3) is 0 Å². The number of rotatable bonds is 10. The number of fused-ring (bicyclic) bond motifs is 1. The maximum atomic E-state index is 14.7. The summed E-state index contributed by atoms with van der Waals surface area (Å²) in [5.74, 6) is 1.58. The van der Waals surface area contributed by atoms with Gasteiger partial charge in [0.15, 0.2) is 11.6 Å². The number of hydrogen-bond donors (Lipinski definition) is 0. The van der Waals surface area contributed by atoms with Gasteiger partial charge in [-0.3, -0.25) is 0 Å². The van der Waals surface area contributed by atoms with Gasteiger partial charge in [-0.2, -0.15) is 0 Å². The lowest BCUT2D eigenvalue weighted by Gasteiger charge is -2.28. The van der Waals surface area contributed by atoms with E-state index in [9.17, 15) is 4.39 Å². The molecule has 1 aliphatic rings. The zero-order valence-corrected chi connectivity index (χ0v) is 19.6. The van der Waals surface area contributed by atoms with Crippen LogP contribution in [0.15, 0.2) is 79.9 Å². The number of benzene rings is 3. The van der Waals surface area contributed by atoms with E-state index < -0.39 is 0 Å². The second-order valence-corrected chi connectivity index (χ2v) is 9.36. The average molecular weight is 443 g/mol. The van der Waals surface area contributed by atoms with Gasteiger partial charge >= 0.3 is 0 Å². The predicted octanol–water partition coefficient (Wildman–Crippen LogP) is 8.57. The topological polar surface area (TPSA) is 9.23 Å². The van der Waals surface area contributed by atoms with E-state index in [2.05, 4.69) is 49.6 Å². The first-order valence-corrected chi connectivity index (χ1v) is 12.3. The molecule has 1 fully saturated rings. The van der Waals surface area contributed by atoms with Crippen LogP contribution < -0.4 is 4.74 Å². The highest BCUT2D eigenvalue weighted by molar-refractivity contribution is 5.85. The third-order valence-corrected chi connectivity index (χ3v) is 7.12. The zero-order valence-electron chi connectivity index (χ0n) is 19.6. The minimum absolute atomic E-state index is 0.278. The molecule has 0 aromatic heterocycles. The van der Waals surface area contributed by atoms with Crippen molar-refractivity contribution in [2.24, 2.45) is 5.92 Å². The van der Waals surface area contributed by atoms with Gasteiger partial charge in [-0.1, -0.05) is 67.3 Å². The third kappa shape index (κ3) is 5.93. The standard InChI is InChI=1S/C31H35FO/c1-3-5-6-23-9-14-26(15-10-23)27-16-11-24(12-17-27)7-8-25-13-19-29-28(22-25)18-20-30(31(29)32)33-21-4-2/h3-4,11-13,16-20,22-23,26H,1-2,5-10,14-15,21H2. The minimum atomic E-state index is -0.300. The molecule has 0 amide bonds. The van der Waals surface area contributed by atoms with E-state index in [1.807, 2.05) is 18.2 Å². The van der Waals surface area contributed by atoms with Crippen molar-refractivity contribution in [3.63, 3.8) is 0 Å². The summed E-state index contributed by atoms with van der Waals surface area (Å²) in [7, 11) is 0. The molecular formula is C31H35FO. The summed E-state index contributed by atoms with van der Waals surface area (Å²) >= 11 is 0. The first-order chi connectivity index (χ1) is 16.2. The molecule has 0 heterocycles. The lowest BCUT2D eigenvalue weighted by atomic mass is 9.77. The molecule has 1 saturated carbocycles. The summed E-state index contributed by atoms with van der Waals surface area (Å²) in [6.45, 7) is 7.77. The molecule has 3 aromatic carbocycles. The molecule has 2 heteroatoms. The highest BCUT2D eigenvalue weighted by atomic mass is 19.1. The quantitative estimate of drug-likeness (QED) is 0.286. The van der Waals surface area contributed by atoms with Gasteiger partial charge in [-0.05, 0) is 91.3 Å². The smallest absolute Gasteiger partial charge is 0.172 e. The summed E-state index contributed by atoms with van der Waals surface area (Å²) in [5.41, 5.74) is 4.08. The third-order valence-electron chi connectivity index (χ3n) is 7.12. The second-order valence-electron chi connectivity index (χ2n) is 9.36. The summed E-state index contributed by atoms with van der Waals surface area (Å²) < 4.78 is 20.1. The Morgan fingerprint density at radius 3 is 2.30 bits per heavy atom. The predicted molar refractivity (Wildman–Crippen MR) is 138 cm³/mol. The maximum absolute atomic E-state index is 14.7. The van der Waals surface area contributed by atoms with E-state index in [0.29, 0.717) is 12.0 Å².